The molecule has 0 N–H and O–H groups in total. The number of aryl methyl sites for hydroxylation is 3. The molecule has 0 spiro atoms. The van der Waals surface area contributed by atoms with Crippen molar-refractivity contribution < 1.29 is 9.47 Å². The van der Waals surface area contributed by atoms with Crippen molar-refractivity contribution in [3.63, 3.8) is 0 Å². The van der Waals surface area contributed by atoms with E-state index in [4.69, 9.17) is 32.7 Å². The second kappa shape index (κ2) is 6.17. The molecule has 0 aliphatic carbocycles. The van der Waals surface area contributed by atoms with Crippen LogP contribution in [0.15, 0.2) is 18.2 Å². The van der Waals surface area contributed by atoms with E-state index in [-0.39, 0.29) is 0 Å². The van der Waals surface area contributed by atoms with Crippen molar-refractivity contribution >= 4 is 23.2 Å². The van der Waals surface area contributed by atoms with Gasteiger partial charge in [-0.25, -0.2) is 0 Å². The van der Waals surface area contributed by atoms with Gasteiger partial charge in [0, 0.05) is 11.1 Å². The standard InChI is InChI=1S/C17H18Cl2O2/c1-9-6-7-12(18)16(20-4)13(9)14-10(2)8-11(3)15(19)17(14)21-5/h6-8H,1-5H3. The van der Waals surface area contributed by atoms with Crippen molar-refractivity contribution in [2.45, 2.75) is 20.8 Å². The van der Waals surface area contributed by atoms with E-state index in [0.717, 1.165) is 27.8 Å². The van der Waals surface area contributed by atoms with Crippen molar-refractivity contribution in [1.82, 2.24) is 0 Å². The van der Waals surface area contributed by atoms with Crippen LogP contribution in [0.2, 0.25) is 10.0 Å². The van der Waals surface area contributed by atoms with E-state index in [1.807, 2.05) is 39.0 Å². The van der Waals surface area contributed by atoms with Gasteiger partial charge in [-0.1, -0.05) is 35.3 Å². The van der Waals surface area contributed by atoms with Crippen LogP contribution in [0.1, 0.15) is 16.7 Å². The van der Waals surface area contributed by atoms with Crippen LogP contribution in [0.25, 0.3) is 11.1 Å². The highest BCUT2D eigenvalue weighted by Crippen LogP contribution is 2.47. The summed E-state index contributed by atoms with van der Waals surface area (Å²) in [6.07, 6.45) is 0. The molecule has 2 aromatic carbocycles. The van der Waals surface area contributed by atoms with Crippen LogP contribution in [-0.4, -0.2) is 14.2 Å². The van der Waals surface area contributed by atoms with Gasteiger partial charge in [0.05, 0.1) is 24.3 Å². The van der Waals surface area contributed by atoms with Crippen LogP contribution in [0.3, 0.4) is 0 Å². The number of hydrogen-bond acceptors (Lipinski definition) is 2. The SMILES string of the molecule is COc1c(Cl)ccc(C)c1-c1c(C)cc(C)c(Cl)c1OC. The third-order valence-electron chi connectivity index (χ3n) is 3.58. The predicted octanol–water partition coefficient (Wildman–Crippen LogP) is 5.60. The van der Waals surface area contributed by atoms with E-state index in [1.165, 1.54) is 0 Å². The zero-order valence-corrected chi connectivity index (χ0v) is 14.3. The summed E-state index contributed by atoms with van der Waals surface area (Å²) in [6.45, 7) is 6.01. The molecule has 0 saturated carbocycles. The summed E-state index contributed by atoms with van der Waals surface area (Å²) in [5, 5.41) is 1.18. The zero-order chi connectivity index (χ0) is 15.7. The molecule has 0 saturated heterocycles. The first-order valence-corrected chi connectivity index (χ1v) is 7.35. The zero-order valence-electron chi connectivity index (χ0n) is 12.8. The molecule has 0 aliphatic rings. The van der Waals surface area contributed by atoms with Crippen molar-refractivity contribution in [3.05, 3.63) is 44.9 Å². The van der Waals surface area contributed by atoms with E-state index >= 15 is 0 Å². The Balaban J connectivity index is 2.91. The van der Waals surface area contributed by atoms with Gasteiger partial charge < -0.3 is 9.47 Å². The molecule has 0 unspecified atom stereocenters. The number of benzene rings is 2. The molecule has 0 fully saturated rings. The lowest BCUT2D eigenvalue weighted by molar-refractivity contribution is 0.410. The van der Waals surface area contributed by atoms with Gasteiger partial charge in [-0.15, -0.1) is 0 Å². The first kappa shape index (κ1) is 16.0. The van der Waals surface area contributed by atoms with Gasteiger partial charge in [0.15, 0.2) is 0 Å². The highest BCUT2D eigenvalue weighted by atomic mass is 35.5. The molecule has 0 heterocycles. The average molecular weight is 325 g/mol. The Morgan fingerprint density at radius 2 is 1.33 bits per heavy atom. The van der Waals surface area contributed by atoms with Crippen LogP contribution < -0.4 is 9.47 Å². The quantitative estimate of drug-likeness (QED) is 0.731. The normalized spacial score (nSPS) is 10.6. The Morgan fingerprint density at radius 1 is 0.762 bits per heavy atom. The molecule has 0 bridgehead atoms. The van der Waals surface area contributed by atoms with Gasteiger partial charge in [0.25, 0.3) is 0 Å². The van der Waals surface area contributed by atoms with Crippen molar-refractivity contribution in [1.29, 1.82) is 0 Å². The molecule has 4 heteroatoms. The summed E-state index contributed by atoms with van der Waals surface area (Å²) in [7, 11) is 3.23. The topological polar surface area (TPSA) is 18.5 Å². The van der Waals surface area contributed by atoms with Gasteiger partial charge in [-0.3, -0.25) is 0 Å². The maximum absolute atomic E-state index is 6.41. The monoisotopic (exact) mass is 324 g/mol. The molecule has 2 rings (SSSR count). The van der Waals surface area contributed by atoms with Gasteiger partial charge in [0.1, 0.15) is 11.5 Å². The van der Waals surface area contributed by atoms with Crippen LogP contribution in [0.5, 0.6) is 11.5 Å². The van der Waals surface area contributed by atoms with Crippen molar-refractivity contribution in [3.8, 4) is 22.6 Å². The van der Waals surface area contributed by atoms with E-state index in [1.54, 1.807) is 14.2 Å². The fourth-order valence-corrected chi connectivity index (χ4v) is 3.06. The van der Waals surface area contributed by atoms with E-state index in [9.17, 15) is 0 Å². The Kier molecular flexibility index (Phi) is 4.70. The minimum atomic E-state index is 0.566. The van der Waals surface area contributed by atoms with E-state index < -0.39 is 0 Å². The fraction of sp³-hybridized carbons (Fsp3) is 0.294. The highest BCUT2D eigenvalue weighted by molar-refractivity contribution is 6.34. The summed E-state index contributed by atoms with van der Waals surface area (Å²) in [4.78, 5) is 0. The number of ether oxygens (including phenoxy) is 2. The Bertz CT molecular complexity index is 694. The van der Waals surface area contributed by atoms with Crippen LogP contribution in [-0.2, 0) is 0 Å². The summed E-state index contributed by atoms with van der Waals surface area (Å²) in [6, 6.07) is 5.84. The van der Waals surface area contributed by atoms with Crippen LogP contribution in [0.4, 0.5) is 0 Å². The molecule has 0 aliphatic heterocycles. The summed E-state index contributed by atoms with van der Waals surface area (Å²) in [5.74, 6) is 1.29. The third kappa shape index (κ3) is 2.70. The molecule has 0 atom stereocenters. The largest absolute Gasteiger partial charge is 0.495 e. The fourth-order valence-electron chi connectivity index (χ4n) is 2.60. The van der Waals surface area contributed by atoms with Crippen LogP contribution >= 0.6 is 23.2 Å². The lowest BCUT2D eigenvalue weighted by atomic mass is 9.93. The Morgan fingerprint density at radius 3 is 1.90 bits per heavy atom. The molecule has 0 radical (unpaired) electrons. The highest BCUT2D eigenvalue weighted by Gasteiger charge is 2.21. The number of halogens is 2. The number of rotatable bonds is 3. The van der Waals surface area contributed by atoms with Gasteiger partial charge in [-0.05, 0) is 43.5 Å². The van der Waals surface area contributed by atoms with Gasteiger partial charge in [-0.2, -0.15) is 0 Å². The minimum absolute atomic E-state index is 0.566. The van der Waals surface area contributed by atoms with Crippen LogP contribution in [0, 0.1) is 20.8 Å². The lowest BCUT2D eigenvalue weighted by Crippen LogP contribution is -1.99. The molecule has 21 heavy (non-hydrogen) atoms. The summed E-state index contributed by atoms with van der Waals surface area (Å²) < 4.78 is 11.1. The molecule has 2 nitrogen and oxygen atoms in total. The molecule has 0 aromatic heterocycles. The molecular weight excluding hydrogens is 307 g/mol. The first-order chi connectivity index (χ1) is 9.92. The second-order valence-electron chi connectivity index (χ2n) is 5.01. The Labute approximate surface area is 135 Å². The van der Waals surface area contributed by atoms with Crippen molar-refractivity contribution in [2.75, 3.05) is 14.2 Å². The second-order valence-corrected chi connectivity index (χ2v) is 5.79. The lowest BCUT2D eigenvalue weighted by Gasteiger charge is -2.20. The molecule has 0 amide bonds. The molecule has 2 aromatic rings. The first-order valence-electron chi connectivity index (χ1n) is 6.59. The minimum Gasteiger partial charge on any atom is -0.495 e. The molecular formula is C17H18Cl2O2. The maximum Gasteiger partial charge on any atom is 0.145 e. The van der Waals surface area contributed by atoms with Crippen molar-refractivity contribution in [2.24, 2.45) is 0 Å². The maximum atomic E-state index is 6.41. The number of hydrogen-bond donors (Lipinski definition) is 0. The summed E-state index contributed by atoms with van der Waals surface area (Å²) >= 11 is 12.7. The Hall–Kier alpha value is -1.38. The average Bonchev–Trinajstić information content (AvgIpc) is 2.45. The van der Waals surface area contributed by atoms with Gasteiger partial charge in [0.2, 0.25) is 0 Å². The smallest absolute Gasteiger partial charge is 0.145 e. The number of methoxy groups -OCH3 is 2. The summed E-state index contributed by atoms with van der Waals surface area (Å²) in [5.41, 5.74) is 4.94. The third-order valence-corrected chi connectivity index (χ3v) is 4.34. The van der Waals surface area contributed by atoms with Gasteiger partial charge >= 0.3 is 0 Å². The van der Waals surface area contributed by atoms with E-state index in [0.29, 0.717) is 21.5 Å². The predicted molar refractivity (Wildman–Crippen MR) is 89.2 cm³/mol. The van der Waals surface area contributed by atoms with E-state index in [2.05, 4.69) is 0 Å². The molecule has 112 valence electrons.